The van der Waals surface area contributed by atoms with Crippen molar-refractivity contribution in [1.82, 2.24) is 5.32 Å². The molecule has 3 aromatic carbocycles. The van der Waals surface area contributed by atoms with Crippen molar-refractivity contribution in [2.24, 2.45) is 0 Å². The molecule has 0 spiro atoms. The summed E-state index contributed by atoms with van der Waals surface area (Å²) in [6, 6.07) is 21.1. The molecule has 0 heterocycles. The molecule has 1 unspecified atom stereocenters. The fourth-order valence-electron chi connectivity index (χ4n) is 3.20. The van der Waals surface area contributed by atoms with Gasteiger partial charge in [-0.15, -0.1) is 0 Å². The molecule has 7 heteroatoms. The number of benzene rings is 3. The Labute approximate surface area is 198 Å². The van der Waals surface area contributed by atoms with E-state index in [4.69, 9.17) is 9.47 Å². The zero-order chi connectivity index (χ0) is 23.6. The van der Waals surface area contributed by atoms with Crippen molar-refractivity contribution >= 4 is 29.3 Å². The fourth-order valence-corrected chi connectivity index (χ4v) is 3.67. The molecular formula is C26H28N2O4S. The van der Waals surface area contributed by atoms with Gasteiger partial charge in [0.15, 0.2) is 11.5 Å². The van der Waals surface area contributed by atoms with Gasteiger partial charge in [-0.3, -0.25) is 9.59 Å². The quantitative estimate of drug-likeness (QED) is 0.427. The molecule has 0 bridgehead atoms. The number of hydrogen-bond donors (Lipinski definition) is 2. The Hall–Kier alpha value is -3.45. The Morgan fingerprint density at radius 1 is 0.970 bits per heavy atom. The molecule has 2 N–H and O–H groups in total. The van der Waals surface area contributed by atoms with Gasteiger partial charge in [0.2, 0.25) is 5.91 Å². The van der Waals surface area contributed by atoms with E-state index >= 15 is 0 Å². The van der Waals surface area contributed by atoms with Gasteiger partial charge in [-0.1, -0.05) is 29.8 Å². The summed E-state index contributed by atoms with van der Waals surface area (Å²) in [6.07, 6.45) is 2.50. The Morgan fingerprint density at radius 2 is 1.70 bits per heavy atom. The number of amides is 2. The molecule has 3 rings (SSSR count). The molecule has 0 aliphatic heterocycles. The first-order chi connectivity index (χ1) is 16.0. The van der Waals surface area contributed by atoms with Crippen LogP contribution in [-0.4, -0.2) is 37.0 Å². The zero-order valence-electron chi connectivity index (χ0n) is 19.0. The van der Waals surface area contributed by atoms with Gasteiger partial charge in [-0.05, 0) is 73.9 Å². The number of anilines is 1. The molecule has 0 aliphatic carbocycles. The highest BCUT2D eigenvalue weighted by Crippen LogP contribution is 2.31. The first kappa shape index (κ1) is 24.2. The lowest BCUT2D eigenvalue weighted by atomic mass is 10.1. The molecule has 1 atom stereocenters. The van der Waals surface area contributed by atoms with E-state index < -0.39 is 6.04 Å². The standard InChI is InChI=1S/C26H28N2O4S/c1-18-7-6-8-19(17-18)25(29)28-22(15-16-33-3)26(30)27-20-11-13-21(14-12-20)32-24-10-5-4-9-23(24)31-2/h4-14,17,22H,15-16H2,1-3H3,(H,27,30)(H,28,29). The molecule has 6 nitrogen and oxygen atoms in total. The van der Waals surface area contributed by atoms with E-state index in [0.717, 1.165) is 11.3 Å². The van der Waals surface area contributed by atoms with Crippen molar-refractivity contribution in [2.45, 2.75) is 19.4 Å². The Morgan fingerprint density at radius 3 is 2.36 bits per heavy atom. The highest BCUT2D eigenvalue weighted by Gasteiger charge is 2.21. The van der Waals surface area contributed by atoms with E-state index in [1.54, 1.807) is 55.3 Å². The van der Waals surface area contributed by atoms with Crippen molar-refractivity contribution in [3.05, 3.63) is 83.9 Å². The summed E-state index contributed by atoms with van der Waals surface area (Å²) in [5.74, 6) is 2.08. The summed E-state index contributed by atoms with van der Waals surface area (Å²) in [6.45, 7) is 1.93. The molecule has 0 aliphatic rings. The average molecular weight is 465 g/mol. The van der Waals surface area contributed by atoms with E-state index in [1.807, 2.05) is 49.6 Å². The Kier molecular flexibility index (Phi) is 8.78. The topological polar surface area (TPSA) is 76.7 Å². The van der Waals surface area contributed by atoms with Crippen molar-refractivity contribution in [2.75, 3.05) is 24.4 Å². The van der Waals surface area contributed by atoms with Gasteiger partial charge < -0.3 is 20.1 Å². The predicted molar refractivity (Wildman–Crippen MR) is 134 cm³/mol. The monoisotopic (exact) mass is 464 g/mol. The maximum absolute atomic E-state index is 12.9. The van der Waals surface area contributed by atoms with Gasteiger partial charge in [0.25, 0.3) is 5.91 Å². The van der Waals surface area contributed by atoms with Crippen molar-refractivity contribution in [3.63, 3.8) is 0 Å². The van der Waals surface area contributed by atoms with Crippen LogP contribution in [0.25, 0.3) is 0 Å². The second kappa shape index (κ2) is 12.0. The number of rotatable bonds is 10. The van der Waals surface area contributed by atoms with Gasteiger partial charge in [0.1, 0.15) is 11.8 Å². The molecule has 2 amide bonds. The third kappa shape index (κ3) is 7.02. The highest BCUT2D eigenvalue weighted by molar-refractivity contribution is 7.98. The maximum atomic E-state index is 12.9. The van der Waals surface area contributed by atoms with E-state index in [9.17, 15) is 9.59 Å². The number of hydrogen-bond acceptors (Lipinski definition) is 5. The number of thioether (sulfide) groups is 1. The van der Waals surface area contributed by atoms with Gasteiger partial charge in [-0.25, -0.2) is 0 Å². The normalized spacial score (nSPS) is 11.4. The van der Waals surface area contributed by atoms with Crippen LogP contribution in [0.1, 0.15) is 22.3 Å². The Balaban J connectivity index is 1.65. The van der Waals surface area contributed by atoms with Gasteiger partial charge in [0.05, 0.1) is 7.11 Å². The summed E-state index contributed by atoms with van der Waals surface area (Å²) in [5.41, 5.74) is 2.14. The van der Waals surface area contributed by atoms with Crippen LogP contribution in [0.5, 0.6) is 17.2 Å². The zero-order valence-corrected chi connectivity index (χ0v) is 19.8. The minimum Gasteiger partial charge on any atom is -0.493 e. The van der Waals surface area contributed by atoms with E-state index in [-0.39, 0.29) is 11.8 Å². The molecule has 0 fully saturated rings. The fraction of sp³-hybridized carbons (Fsp3) is 0.231. The van der Waals surface area contributed by atoms with Gasteiger partial charge in [0, 0.05) is 11.3 Å². The third-order valence-electron chi connectivity index (χ3n) is 4.93. The Bertz CT molecular complexity index is 1090. The molecule has 33 heavy (non-hydrogen) atoms. The van der Waals surface area contributed by atoms with Crippen LogP contribution in [0.3, 0.4) is 0 Å². The number of nitrogens with one attached hydrogen (secondary N) is 2. The van der Waals surface area contributed by atoms with E-state index in [2.05, 4.69) is 10.6 Å². The van der Waals surface area contributed by atoms with Crippen molar-refractivity contribution < 1.29 is 19.1 Å². The van der Waals surface area contributed by atoms with Crippen LogP contribution in [0.2, 0.25) is 0 Å². The van der Waals surface area contributed by atoms with Crippen LogP contribution >= 0.6 is 11.8 Å². The van der Waals surface area contributed by atoms with Crippen LogP contribution in [0.15, 0.2) is 72.8 Å². The van der Waals surface area contributed by atoms with Gasteiger partial charge in [-0.2, -0.15) is 11.8 Å². The number of carbonyl (C=O) groups is 2. The second-order valence-corrected chi connectivity index (χ2v) is 8.43. The lowest BCUT2D eigenvalue weighted by molar-refractivity contribution is -0.118. The smallest absolute Gasteiger partial charge is 0.251 e. The largest absolute Gasteiger partial charge is 0.493 e. The van der Waals surface area contributed by atoms with Crippen LogP contribution in [0.4, 0.5) is 5.69 Å². The van der Waals surface area contributed by atoms with E-state index in [1.165, 1.54) is 0 Å². The maximum Gasteiger partial charge on any atom is 0.251 e. The lowest BCUT2D eigenvalue weighted by Gasteiger charge is -2.18. The number of aryl methyl sites for hydroxylation is 1. The minimum absolute atomic E-state index is 0.261. The SMILES string of the molecule is COc1ccccc1Oc1ccc(NC(=O)C(CCSC)NC(=O)c2cccc(C)c2)cc1. The number of carbonyl (C=O) groups excluding carboxylic acids is 2. The minimum atomic E-state index is -0.644. The van der Waals surface area contributed by atoms with Gasteiger partial charge >= 0.3 is 0 Å². The lowest BCUT2D eigenvalue weighted by Crippen LogP contribution is -2.44. The number of methoxy groups -OCH3 is 1. The van der Waals surface area contributed by atoms with E-state index in [0.29, 0.717) is 34.9 Å². The molecule has 0 saturated heterocycles. The average Bonchev–Trinajstić information content (AvgIpc) is 2.83. The first-order valence-electron chi connectivity index (χ1n) is 10.6. The second-order valence-electron chi connectivity index (χ2n) is 7.44. The summed E-state index contributed by atoms with van der Waals surface area (Å²) in [4.78, 5) is 25.6. The number of ether oxygens (including phenoxy) is 2. The predicted octanol–water partition coefficient (Wildman–Crippen LogP) is 5.29. The third-order valence-corrected chi connectivity index (χ3v) is 5.58. The van der Waals surface area contributed by atoms with Crippen LogP contribution in [-0.2, 0) is 4.79 Å². The first-order valence-corrected chi connectivity index (χ1v) is 12.0. The van der Waals surface area contributed by atoms with Crippen LogP contribution in [0, 0.1) is 6.92 Å². The molecular weight excluding hydrogens is 436 g/mol. The van der Waals surface area contributed by atoms with Crippen LogP contribution < -0.4 is 20.1 Å². The number of para-hydroxylation sites is 2. The van der Waals surface area contributed by atoms with Crippen molar-refractivity contribution in [1.29, 1.82) is 0 Å². The molecule has 3 aromatic rings. The summed E-state index contributed by atoms with van der Waals surface area (Å²) in [7, 11) is 1.59. The molecule has 172 valence electrons. The highest BCUT2D eigenvalue weighted by atomic mass is 32.2. The summed E-state index contributed by atoms with van der Waals surface area (Å²) in [5, 5.41) is 5.76. The molecule has 0 radical (unpaired) electrons. The summed E-state index contributed by atoms with van der Waals surface area (Å²) < 4.78 is 11.2. The molecule has 0 aromatic heterocycles. The van der Waals surface area contributed by atoms with Crippen molar-refractivity contribution in [3.8, 4) is 17.2 Å². The summed E-state index contributed by atoms with van der Waals surface area (Å²) >= 11 is 1.63. The molecule has 0 saturated carbocycles.